The third-order valence-electron chi connectivity index (χ3n) is 6.69. The van der Waals surface area contributed by atoms with Gasteiger partial charge in [0.15, 0.2) is 0 Å². The third kappa shape index (κ3) is 1.33. The Bertz CT molecular complexity index is 1210. The molecule has 0 spiro atoms. The van der Waals surface area contributed by atoms with Crippen LogP contribution in [0, 0.1) is 0 Å². The quantitative estimate of drug-likeness (QED) is 0.383. The summed E-state index contributed by atoms with van der Waals surface area (Å²) in [7, 11) is 0. The Kier molecular flexibility index (Phi) is 2.08. The first kappa shape index (κ1) is 12.6. The summed E-state index contributed by atoms with van der Waals surface area (Å²) in [4.78, 5) is 9.81. The molecule has 3 nitrogen and oxygen atoms in total. The third-order valence-corrected chi connectivity index (χ3v) is 6.69. The summed E-state index contributed by atoms with van der Waals surface area (Å²) in [5, 5.41) is 5.42. The van der Waals surface area contributed by atoms with Gasteiger partial charge < -0.3 is 4.40 Å². The number of benzene rings is 1. The lowest BCUT2D eigenvalue weighted by molar-refractivity contribution is 0.390. The van der Waals surface area contributed by atoms with E-state index in [4.69, 9.17) is 9.97 Å². The minimum atomic E-state index is 0.585. The lowest BCUT2D eigenvalue weighted by Crippen LogP contribution is -2.13. The fourth-order valence-corrected chi connectivity index (χ4v) is 5.64. The summed E-state index contributed by atoms with van der Waals surface area (Å²) in [6.07, 6.45) is 8.97. The minimum Gasteiger partial charge on any atom is -0.304 e. The van der Waals surface area contributed by atoms with Crippen LogP contribution in [-0.2, 0) is 0 Å². The van der Waals surface area contributed by atoms with Gasteiger partial charge in [-0.25, -0.2) is 0 Å². The van der Waals surface area contributed by atoms with E-state index in [1.165, 1.54) is 75.2 Å². The van der Waals surface area contributed by atoms with Crippen molar-refractivity contribution >= 4 is 38.1 Å². The average Bonchev–Trinajstić information content (AvgIpc) is 3.21. The molecule has 1 aliphatic carbocycles. The first-order valence-electron chi connectivity index (χ1n) is 9.33. The van der Waals surface area contributed by atoms with E-state index in [0.29, 0.717) is 11.8 Å². The van der Waals surface area contributed by atoms with Gasteiger partial charge in [0.05, 0.1) is 27.9 Å². The highest BCUT2D eigenvalue weighted by Gasteiger charge is 2.32. The van der Waals surface area contributed by atoms with Crippen molar-refractivity contribution in [1.82, 2.24) is 14.4 Å². The highest BCUT2D eigenvalue weighted by Crippen LogP contribution is 2.48. The lowest BCUT2D eigenvalue weighted by atomic mass is 9.78. The molecule has 8 rings (SSSR count). The van der Waals surface area contributed by atoms with Crippen LogP contribution in [0.15, 0.2) is 42.7 Å². The first-order valence-corrected chi connectivity index (χ1v) is 9.33. The molecule has 5 aromatic rings. The Balaban J connectivity index is 1.92. The zero-order valence-electron chi connectivity index (χ0n) is 13.9. The van der Waals surface area contributed by atoms with E-state index < -0.39 is 0 Å². The first-order chi connectivity index (χ1) is 12.4. The van der Waals surface area contributed by atoms with Crippen molar-refractivity contribution in [3.63, 3.8) is 0 Å². The molecule has 1 saturated carbocycles. The van der Waals surface area contributed by atoms with Gasteiger partial charge in [0.1, 0.15) is 0 Å². The van der Waals surface area contributed by atoms with Crippen LogP contribution in [0.25, 0.3) is 38.1 Å². The average molecular weight is 323 g/mol. The number of rotatable bonds is 0. The maximum absolute atomic E-state index is 4.90. The molecule has 0 radical (unpaired) electrons. The number of pyridine rings is 2. The van der Waals surface area contributed by atoms with E-state index in [9.17, 15) is 0 Å². The molecular formula is C22H17N3. The van der Waals surface area contributed by atoms with Gasteiger partial charge >= 0.3 is 0 Å². The van der Waals surface area contributed by atoms with Crippen molar-refractivity contribution in [2.45, 2.75) is 37.5 Å². The largest absolute Gasteiger partial charge is 0.304 e. The number of nitrogens with zero attached hydrogens (tertiary/aromatic N) is 3. The summed E-state index contributed by atoms with van der Waals surface area (Å²) in [6.45, 7) is 0. The molecule has 2 aliphatic heterocycles. The molecule has 3 aliphatic rings. The molecule has 0 amide bonds. The molecule has 3 heteroatoms. The van der Waals surface area contributed by atoms with Gasteiger partial charge in [-0.2, -0.15) is 0 Å². The Morgan fingerprint density at radius 3 is 1.64 bits per heavy atom. The molecule has 0 saturated heterocycles. The SMILES string of the molecule is c1cc2c3ccnc4c3n3c5c(nccc5c(c1)c23)C1CCC4CC1. The Hall–Kier alpha value is -2.68. The highest BCUT2D eigenvalue weighted by molar-refractivity contribution is 6.23. The van der Waals surface area contributed by atoms with Gasteiger partial charge in [-0.3, -0.25) is 9.97 Å². The second-order valence-electron chi connectivity index (χ2n) is 7.77. The lowest BCUT2D eigenvalue weighted by Gasteiger charge is -2.27. The Morgan fingerprint density at radius 1 is 0.640 bits per heavy atom. The van der Waals surface area contributed by atoms with E-state index in [1.807, 2.05) is 12.4 Å². The number of hydrogen-bond acceptors (Lipinski definition) is 2. The van der Waals surface area contributed by atoms with E-state index in [1.54, 1.807) is 0 Å². The second kappa shape index (κ2) is 4.10. The minimum absolute atomic E-state index is 0.585. The fourth-order valence-electron chi connectivity index (χ4n) is 5.64. The maximum atomic E-state index is 4.90. The molecule has 4 aromatic heterocycles. The summed E-state index contributed by atoms with van der Waals surface area (Å²) >= 11 is 0. The number of aromatic nitrogens is 3. The van der Waals surface area contributed by atoms with Crippen LogP contribution < -0.4 is 0 Å². The van der Waals surface area contributed by atoms with Crippen LogP contribution in [0.5, 0.6) is 0 Å². The molecule has 6 heterocycles. The van der Waals surface area contributed by atoms with E-state index in [0.717, 1.165) is 0 Å². The van der Waals surface area contributed by atoms with Gasteiger partial charge in [0.25, 0.3) is 0 Å². The predicted molar refractivity (Wildman–Crippen MR) is 101 cm³/mol. The van der Waals surface area contributed by atoms with Crippen LogP contribution in [0.4, 0.5) is 0 Å². The van der Waals surface area contributed by atoms with Crippen molar-refractivity contribution in [2.75, 3.05) is 0 Å². The van der Waals surface area contributed by atoms with Crippen molar-refractivity contribution in [3.8, 4) is 0 Å². The van der Waals surface area contributed by atoms with Crippen LogP contribution in [-0.4, -0.2) is 14.4 Å². The number of hydrogen-bond donors (Lipinski definition) is 0. The molecule has 2 bridgehead atoms. The van der Waals surface area contributed by atoms with Crippen molar-refractivity contribution in [3.05, 3.63) is 54.1 Å². The Labute approximate surface area is 144 Å². The summed E-state index contributed by atoms with van der Waals surface area (Å²) in [5.74, 6) is 1.17. The summed E-state index contributed by atoms with van der Waals surface area (Å²) in [5.41, 5.74) is 6.65. The molecule has 120 valence electrons. The van der Waals surface area contributed by atoms with E-state index in [-0.39, 0.29) is 0 Å². The molecule has 25 heavy (non-hydrogen) atoms. The predicted octanol–water partition coefficient (Wildman–Crippen LogP) is 5.38. The normalized spacial score (nSPS) is 22.6. The van der Waals surface area contributed by atoms with Crippen LogP contribution in [0.2, 0.25) is 0 Å². The fraction of sp³-hybridized carbons (Fsp3) is 0.273. The van der Waals surface area contributed by atoms with Crippen molar-refractivity contribution in [1.29, 1.82) is 0 Å². The van der Waals surface area contributed by atoms with Gasteiger partial charge in [-0.15, -0.1) is 0 Å². The van der Waals surface area contributed by atoms with Crippen molar-refractivity contribution < 1.29 is 0 Å². The molecule has 0 unspecified atom stereocenters. The maximum Gasteiger partial charge on any atom is 0.0760 e. The standard InChI is InChI=1S/C22H17N3/c1-2-14-16-8-10-23-18-12-4-6-13(7-5-12)19-22-17(9-11-24-19)15(3-1)20(14)25(22)21(16)18/h1-3,8-13H,4-7H2. The van der Waals surface area contributed by atoms with Gasteiger partial charge in [0, 0.05) is 45.8 Å². The van der Waals surface area contributed by atoms with Crippen LogP contribution in [0.1, 0.15) is 48.9 Å². The smallest absolute Gasteiger partial charge is 0.0760 e. The van der Waals surface area contributed by atoms with Gasteiger partial charge in [-0.1, -0.05) is 18.2 Å². The molecule has 0 atom stereocenters. The summed E-state index contributed by atoms with van der Waals surface area (Å²) in [6, 6.07) is 11.1. The topological polar surface area (TPSA) is 30.2 Å². The number of para-hydroxylation sites is 1. The zero-order valence-corrected chi connectivity index (χ0v) is 13.9. The van der Waals surface area contributed by atoms with Crippen molar-refractivity contribution in [2.24, 2.45) is 0 Å². The summed E-state index contributed by atoms with van der Waals surface area (Å²) < 4.78 is 2.51. The molecule has 1 fully saturated rings. The van der Waals surface area contributed by atoms with E-state index >= 15 is 0 Å². The second-order valence-corrected chi connectivity index (χ2v) is 7.77. The number of fused-ring (bicyclic) bond motifs is 4. The highest BCUT2D eigenvalue weighted by atomic mass is 15.0. The Morgan fingerprint density at radius 2 is 1.12 bits per heavy atom. The van der Waals surface area contributed by atoms with Gasteiger partial charge in [0.2, 0.25) is 0 Å². The van der Waals surface area contributed by atoms with E-state index in [2.05, 4.69) is 34.7 Å². The molecule has 1 aromatic carbocycles. The van der Waals surface area contributed by atoms with Gasteiger partial charge in [-0.05, 0) is 37.8 Å². The molecular weight excluding hydrogens is 306 g/mol. The monoisotopic (exact) mass is 323 g/mol. The van der Waals surface area contributed by atoms with Crippen LogP contribution >= 0.6 is 0 Å². The zero-order chi connectivity index (χ0) is 16.1. The molecule has 0 N–H and O–H groups in total. The van der Waals surface area contributed by atoms with Crippen LogP contribution in [0.3, 0.4) is 0 Å².